The molecule has 0 atom stereocenters. The van der Waals surface area contributed by atoms with E-state index in [1.807, 2.05) is 19.9 Å². The standard InChI is InChI=1S/C21H22N2O5S/c1-5-27-21(25)19-18(17-12(2)10-13(3)22-20(17)29-19)23-16(24)11-28-15-8-6-14(26-4)7-9-15/h6-10H,5,11H2,1-4H3,(H,23,24). The molecule has 2 heterocycles. The minimum atomic E-state index is -0.487. The molecule has 29 heavy (non-hydrogen) atoms. The number of hydrogen-bond acceptors (Lipinski definition) is 7. The SMILES string of the molecule is CCOC(=O)c1sc2nc(C)cc(C)c2c1NC(=O)COc1ccc(OC)cc1. The first-order valence-electron chi connectivity index (χ1n) is 9.07. The Hall–Kier alpha value is -3.13. The van der Waals surface area contributed by atoms with Crippen LogP contribution in [0.4, 0.5) is 5.69 Å². The summed E-state index contributed by atoms with van der Waals surface area (Å²) in [4.78, 5) is 30.4. The van der Waals surface area contributed by atoms with Crippen molar-refractivity contribution < 1.29 is 23.8 Å². The van der Waals surface area contributed by atoms with Crippen LogP contribution in [0.25, 0.3) is 10.2 Å². The predicted molar refractivity (Wildman–Crippen MR) is 112 cm³/mol. The number of anilines is 1. The Balaban J connectivity index is 1.84. The number of amides is 1. The molecule has 0 saturated heterocycles. The molecule has 152 valence electrons. The maximum atomic E-state index is 12.5. The molecule has 0 aliphatic heterocycles. The van der Waals surface area contributed by atoms with Crippen molar-refractivity contribution in [2.75, 3.05) is 25.6 Å². The van der Waals surface area contributed by atoms with Crippen molar-refractivity contribution in [3.05, 3.63) is 46.5 Å². The van der Waals surface area contributed by atoms with Crippen molar-refractivity contribution in [1.29, 1.82) is 0 Å². The summed E-state index contributed by atoms with van der Waals surface area (Å²) in [6.45, 7) is 5.58. The van der Waals surface area contributed by atoms with Crippen LogP contribution in [0.5, 0.6) is 11.5 Å². The molecule has 3 aromatic rings. The van der Waals surface area contributed by atoms with Crippen LogP contribution in [-0.4, -0.2) is 37.2 Å². The average Bonchev–Trinajstić information content (AvgIpc) is 3.05. The van der Waals surface area contributed by atoms with E-state index >= 15 is 0 Å². The normalized spacial score (nSPS) is 10.6. The summed E-state index contributed by atoms with van der Waals surface area (Å²) in [5.74, 6) is 0.365. The number of methoxy groups -OCH3 is 1. The smallest absolute Gasteiger partial charge is 0.350 e. The number of aryl methyl sites for hydroxylation is 2. The van der Waals surface area contributed by atoms with Gasteiger partial charge in [-0.25, -0.2) is 9.78 Å². The van der Waals surface area contributed by atoms with Crippen LogP contribution in [0.2, 0.25) is 0 Å². The third kappa shape index (κ3) is 4.65. The summed E-state index contributed by atoms with van der Waals surface area (Å²) in [6.07, 6.45) is 0. The lowest BCUT2D eigenvalue weighted by molar-refractivity contribution is -0.118. The van der Waals surface area contributed by atoms with E-state index in [2.05, 4.69) is 10.3 Å². The van der Waals surface area contributed by atoms with E-state index in [-0.39, 0.29) is 19.1 Å². The Bertz CT molecular complexity index is 1040. The van der Waals surface area contributed by atoms with Gasteiger partial charge in [0.05, 0.1) is 19.4 Å². The van der Waals surface area contributed by atoms with Gasteiger partial charge in [-0.3, -0.25) is 4.79 Å². The highest BCUT2D eigenvalue weighted by molar-refractivity contribution is 7.21. The number of nitrogens with one attached hydrogen (secondary N) is 1. The first-order valence-corrected chi connectivity index (χ1v) is 9.89. The summed E-state index contributed by atoms with van der Waals surface area (Å²) in [7, 11) is 1.58. The van der Waals surface area contributed by atoms with E-state index in [0.29, 0.717) is 26.9 Å². The average molecular weight is 414 g/mol. The van der Waals surface area contributed by atoms with Gasteiger partial charge in [-0.15, -0.1) is 11.3 Å². The first-order chi connectivity index (χ1) is 13.9. The molecule has 0 fully saturated rings. The number of fused-ring (bicyclic) bond motifs is 1. The Kier molecular flexibility index (Phi) is 6.33. The number of carbonyl (C=O) groups is 2. The number of hydrogen-bond donors (Lipinski definition) is 1. The molecule has 8 heteroatoms. The summed E-state index contributed by atoms with van der Waals surface area (Å²) >= 11 is 1.21. The van der Waals surface area contributed by atoms with Gasteiger partial charge in [0.1, 0.15) is 21.2 Å². The number of benzene rings is 1. The summed E-state index contributed by atoms with van der Waals surface area (Å²) in [5, 5.41) is 3.54. The number of ether oxygens (including phenoxy) is 3. The van der Waals surface area contributed by atoms with Crippen LogP contribution in [0, 0.1) is 13.8 Å². The van der Waals surface area contributed by atoms with E-state index in [0.717, 1.165) is 16.6 Å². The fourth-order valence-electron chi connectivity index (χ4n) is 2.90. The molecule has 2 aromatic heterocycles. The first kappa shape index (κ1) is 20.6. The number of nitrogens with zero attached hydrogens (tertiary/aromatic N) is 1. The number of thiophene rings is 1. The van der Waals surface area contributed by atoms with Crippen molar-refractivity contribution in [2.24, 2.45) is 0 Å². The summed E-state index contributed by atoms with van der Waals surface area (Å²) < 4.78 is 15.8. The second-order valence-electron chi connectivity index (χ2n) is 6.30. The quantitative estimate of drug-likeness (QED) is 0.586. The largest absolute Gasteiger partial charge is 0.497 e. The number of aromatic nitrogens is 1. The Morgan fingerprint density at radius 2 is 1.83 bits per heavy atom. The lowest BCUT2D eigenvalue weighted by Crippen LogP contribution is -2.21. The topological polar surface area (TPSA) is 86.8 Å². The van der Waals surface area contributed by atoms with Crippen molar-refractivity contribution in [3.63, 3.8) is 0 Å². The number of pyridine rings is 1. The predicted octanol–water partition coefficient (Wildman–Crippen LogP) is 4.12. The Morgan fingerprint density at radius 3 is 2.48 bits per heavy atom. The molecular formula is C21H22N2O5S. The molecule has 1 N–H and O–H groups in total. The highest BCUT2D eigenvalue weighted by Crippen LogP contribution is 2.37. The molecule has 0 saturated carbocycles. The monoisotopic (exact) mass is 414 g/mol. The molecule has 3 rings (SSSR count). The van der Waals surface area contributed by atoms with Gasteiger partial charge in [0, 0.05) is 11.1 Å². The van der Waals surface area contributed by atoms with Crippen molar-refractivity contribution in [1.82, 2.24) is 4.98 Å². The van der Waals surface area contributed by atoms with Crippen molar-refractivity contribution in [2.45, 2.75) is 20.8 Å². The highest BCUT2D eigenvalue weighted by atomic mass is 32.1. The Labute approximate surface area is 172 Å². The van der Waals surface area contributed by atoms with Crippen LogP contribution in [0.15, 0.2) is 30.3 Å². The highest BCUT2D eigenvalue weighted by Gasteiger charge is 2.23. The van der Waals surface area contributed by atoms with E-state index in [4.69, 9.17) is 14.2 Å². The minimum absolute atomic E-state index is 0.204. The van der Waals surface area contributed by atoms with E-state index < -0.39 is 5.97 Å². The molecule has 1 aromatic carbocycles. The van der Waals surface area contributed by atoms with E-state index in [1.165, 1.54) is 11.3 Å². The zero-order valence-electron chi connectivity index (χ0n) is 16.7. The molecular weight excluding hydrogens is 392 g/mol. The third-order valence-electron chi connectivity index (χ3n) is 4.14. The second kappa shape index (κ2) is 8.91. The maximum absolute atomic E-state index is 12.5. The maximum Gasteiger partial charge on any atom is 0.350 e. The summed E-state index contributed by atoms with van der Waals surface area (Å²) in [6, 6.07) is 8.83. The van der Waals surface area contributed by atoms with Crippen LogP contribution >= 0.6 is 11.3 Å². The van der Waals surface area contributed by atoms with Gasteiger partial charge >= 0.3 is 5.97 Å². The van der Waals surface area contributed by atoms with Gasteiger partial charge in [0.2, 0.25) is 0 Å². The second-order valence-corrected chi connectivity index (χ2v) is 7.30. The van der Waals surface area contributed by atoms with E-state index in [9.17, 15) is 9.59 Å². The molecule has 0 bridgehead atoms. The zero-order valence-corrected chi connectivity index (χ0v) is 17.5. The van der Waals surface area contributed by atoms with Crippen molar-refractivity contribution in [3.8, 4) is 11.5 Å². The van der Waals surface area contributed by atoms with Gasteiger partial charge in [0.15, 0.2) is 6.61 Å². The third-order valence-corrected chi connectivity index (χ3v) is 5.21. The number of esters is 1. The minimum Gasteiger partial charge on any atom is -0.497 e. The Morgan fingerprint density at radius 1 is 1.14 bits per heavy atom. The number of carbonyl (C=O) groups excluding carboxylic acids is 2. The van der Waals surface area contributed by atoms with E-state index in [1.54, 1.807) is 38.3 Å². The van der Waals surface area contributed by atoms with Crippen molar-refractivity contribution >= 4 is 39.1 Å². The molecule has 7 nitrogen and oxygen atoms in total. The lowest BCUT2D eigenvalue weighted by atomic mass is 10.1. The molecule has 0 spiro atoms. The van der Waals surface area contributed by atoms with Gasteiger partial charge in [-0.2, -0.15) is 0 Å². The molecule has 0 aliphatic carbocycles. The van der Waals surface area contributed by atoms with Gasteiger partial charge in [-0.1, -0.05) is 0 Å². The fraction of sp³-hybridized carbons (Fsp3) is 0.286. The van der Waals surface area contributed by atoms with Crippen LogP contribution in [-0.2, 0) is 9.53 Å². The number of rotatable bonds is 7. The van der Waals surface area contributed by atoms with Gasteiger partial charge in [-0.05, 0) is 56.7 Å². The molecule has 0 unspecified atom stereocenters. The molecule has 0 aliphatic rings. The lowest BCUT2D eigenvalue weighted by Gasteiger charge is -2.10. The van der Waals surface area contributed by atoms with Gasteiger partial charge < -0.3 is 19.5 Å². The molecule has 0 radical (unpaired) electrons. The zero-order chi connectivity index (χ0) is 21.0. The summed E-state index contributed by atoms with van der Waals surface area (Å²) in [5.41, 5.74) is 2.18. The molecule has 1 amide bonds. The fourth-order valence-corrected chi connectivity index (χ4v) is 4.04. The van der Waals surface area contributed by atoms with Crippen LogP contribution in [0.3, 0.4) is 0 Å². The van der Waals surface area contributed by atoms with Gasteiger partial charge in [0.25, 0.3) is 5.91 Å². The van der Waals surface area contributed by atoms with Crippen LogP contribution < -0.4 is 14.8 Å². The van der Waals surface area contributed by atoms with Crippen LogP contribution in [0.1, 0.15) is 27.9 Å².